The average Bonchev–Trinajstić information content (AvgIpc) is 3.08. The van der Waals surface area contributed by atoms with Crippen molar-refractivity contribution in [1.29, 1.82) is 0 Å². The summed E-state index contributed by atoms with van der Waals surface area (Å²) in [6.45, 7) is 1.23. The van der Waals surface area contributed by atoms with E-state index < -0.39 is 0 Å². The second-order valence-corrected chi connectivity index (χ2v) is 5.16. The lowest BCUT2D eigenvalue weighted by Crippen LogP contribution is -2.33. The lowest BCUT2D eigenvalue weighted by atomic mass is 10.1. The van der Waals surface area contributed by atoms with Crippen LogP contribution in [0.4, 0.5) is 0 Å². The van der Waals surface area contributed by atoms with Gasteiger partial charge in [0.2, 0.25) is 5.91 Å². The highest BCUT2D eigenvalue weighted by Crippen LogP contribution is 2.18. The summed E-state index contributed by atoms with van der Waals surface area (Å²) in [5.41, 5.74) is 3.29. The molecule has 2 aromatic rings. The number of ether oxygens (including phenoxy) is 1. The molecule has 0 unspecified atom stereocenters. The summed E-state index contributed by atoms with van der Waals surface area (Å²) in [4.78, 5) is 16.0. The van der Waals surface area contributed by atoms with Gasteiger partial charge in [0.25, 0.3) is 0 Å². The van der Waals surface area contributed by atoms with E-state index in [1.807, 2.05) is 42.6 Å². The minimum absolute atomic E-state index is 0.0103. The number of nitrogens with one attached hydrogen (secondary N) is 1. The number of pyridine rings is 1. The van der Waals surface area contributed by atoms with E-state index in [9.17, 15) is 4.79 Å². The summed E-state index contributed by atoms with van der Waals surface area (Å²) < 4.78 is 5.36. The fraction of sp³-hybridized carbons (Fsp3) is 0.294. The molecule has 0 saturated carbocycles. The quantitative estimate of drug-likeness (QED) is 0.937. The van der Waals surface area contributed by atoms with Crippen LogP contribution in [0.1, 0.15) is 18.4 Å². The second-order valence-electron chi connectivity index (χ2n) is 5.16. The number of rotatable bonds is 4. The first-order valence-corrected chi connectivity index (χ1v) is 7.21. The summed E-state index contributed by atoms with van der Waals surface area (Å²) in [5, 5.41) is 2.92. The lowest BCUT2D eigenvalue weighted by Gasteiger charge is -2.10. The molecular weight excluding hydrogens is 264 g/mol. The van der Waals surface area contributed by atoms with Gasteiger partial charge in [-0.25, -0.2) is 0 Å². The van der Waals surface area contributed by atoms with E-state index in [-0.39, 0.29) is 12.0 Å². The predicted octanol–water partition coefficient (Wildman–Crippen LogP) is 2.54. The van der Waals surface area contributed by atoms with Crippen LogP contribution in [0.5, 0.6) is 0 Å². The Labute approximate surface area is 124 Å². The van der Waals surface area contributed by atoms with Crippen LogP contribution in [0.2, 0.25) is 0 Å². The van der Waals surface area contributed by atoms with Crippen molar-refractivity contribution in [2.24, 2.45) is 0 Å². The van der Waals surface area contributed by atoms with E-state index in [1.54, 1.807) is 6.20 Å². The third-order valence-electron chi connectivity index (χ3n) is 3.64. The number of carbonyl (C=O) groups is 1. The number of aromatic nitrogens is 1. The van der Waals surface area contributed by atoms with E-state index in [2.05, 4.69) is 10.3 Å². The molecule has 1 fully saturated rings. The Hall–Kier alpha value is -2.20. The van der Waals surface area contributed by atoms with Crippen molar-refractivity contribution in [3.05, 3.63) is 54.4 Å². The van der Waals surface area contributed by atoms with E-state index >= 15 is 0 Å². The minimum Gasteiger partial charge on any atom is -0.368 e. The van der Waals surface area contributed by atoms with Crippen LogP contribution < -0.4 is 5.32 Å². The summed E-state index contributed by atoms with van der Waals surface area (Å²) in [6, 6.07) is 12.1. The number of carbonyl (C=O) groups excluding carboxylic acids is 1. The second kappa shape index (κ2) is 6.50. The zero-order chi connectivity index (χ0) is 14.5. The first-order valence-electron chi connectivity index (χ1n) is 7.21. The lowest BCUT2D eigenvalue weighted by molar-refractivity contribution is -0.130. The topological polar surface area (TPSA) is 51.2 Å². The van der Waals surface area contributed by atoms with Crippen molar-refractivity contribution in [3.8, 4) is 11.1 Å². The van der Waals surface area contributed by atoms with Crippen molar-refractivity contribution in [2.75, 3.05) is 6.61 Å². The predicted molar refractivity (Wildman–Crippen MR) is 80.5 cm³/mol. The van der Waals surface area contributed by atoms with Crippen LogP contribution in [0, 0.1) is 0 Å². The average molecular weight is 282 g/mol. The third kappa shape index (κ3) is 3.47. The minimum atomic E-state index is -0.264. The van der Waals surface area contributed by atoms with Gasteiger partial charge in [0.15, 0.2) is 0 Å². The Morgan fingerprint density at radius 2 is 2.10 bits per heavy atom. The van der Waals surface area contributed by atoms with E-state index in [4.69, 9.17) is 4.74 Å². The Balaban J connectivity index is 1.58. The van der Waals surface area contributed by atoms with Crippen LogP contribution >= 0.6 is 0 Å². The molecule has 1 aromatic carbocycles. The fourth-order valence-electron chi connectivity index (χ4n) is 2.44. The smallest absolute Gasteiger partial charge is 0.249 e. The third-order valence-corrected chi connectivity index (χ3v) is 3.64. The van der Waals surface area contributed by atoms with Crippen LogP contribution in [0.15, 0.2) is 48.8 Å². The molecule has 2 heterocycles. The number of benzene rings is 1. The number of nitrogens with zero attached hydrogens (tertiary/aromatic N) is 1. The van der Waals surface area contributed by atoms with E-state index in [0.29, 0.717) is 13.2 Å². The largest absolute Gasteiger partial charge is 0.368 e. The molecule has 1 aromatic heterocycles. The van der Waals surface area contributed by atoms with E-state index in [0.717, 1.165) is 29.5 Å². The molecule has 4 heteroatoms. The Kier molecular flexibility index (Phi) is 4.26. The first-order chi connectivity index (χ1) is 10.3. The van der Waals surface area contributed by atoms with Gasteiger partial charge in [-0.3, -0.25) is 9.78 Å². The zero-order valence-corrected chi connectivity index (χ0v) is 11.8. The molecule has 0 bridgehead atoms. The molecule has 1 saturated heterocycles. The summed E-state index contributed by atoms with van der Waals surface area (Å²) in [5.74, 6) is -0.0103. The maximum atomic E-state index is 11.9. The van der Waals surface area contributed by atoms with Crippen molar-refractivity contribution in [3.63, 3.8) is 0 Å². The number of amides is 1. The summed E-state index contributed by atoms with van der Waals surface area (Å²) in [6.07, 6.45) is 5.13. The van der Waals surface area contributed by atoms with Gasteiger partial charge in [-0.1, -0.05) is 30.3 Å². The maximum absolute atomic E-state index is 11.9. The molecule has 0 spiro atoms. The first kappa shape index (κ1) is 13.8. The monoisotopic (exact) mass is 282 g/mol. The molecule has 108 valence electrons. The van der Waals surface area contributed by atoms with Crippen molar-refractivity contribution in [2.45, 2.75) is 25.5 Å². The van der Waals surface area contributed by atoms with Crippen molar-refractivity contribution >= 4 is 5.91 Å². The Morgan fingerprint density at radius 3 is 2.76 bits per heavy atom. The fourth-order valence-corrected chi connectivity index (χ4v) is 2.44. The number of hydrogen-bond acceptors (Lipinski definition) is 3. The van der Waals surface area contributed by atoms with Crippen molar-refractivity contribution in [1.82, 2.24) is 10.3 Å². The normalized spacial score (nSPS) is 17.6. The zero-order valence-electron chi connectivity index (χ0n) is 11.8. The molecular formula is C17H18N2O2. The van der Waals surface area contributed by atoms with Crippen LogP contribution in [0.3, 0.4) is 0 Å². The molecule has 1 atom stereocenters. The highest BCUT2D eigenvalue weighted by Gasteiger charge is 2.22. The van der Waals surface area contributed by atoms with Crippen LogP contribution in [-0.4, -0.2) is 23.6 Å². The van der Waals surface area contributed by atoms with E-state index in [1.165, 1.54) is 0 Å². The van der Waals surface area contributed by atoms with Crippen LogP contribution in [0.25, 0.3) is 11.1 Å². The van der Waals surface area contributed by atoms with Crippen LogP contribution in [-0.2, 0) is 16.1 Å². The number of hydrogen-bond donors (Lipinski definition) is 1. The highest BCUT2D eigenvalue weighted by atomic mass is 16.5. The molecule has 1 amide bonds. The van der Waals surface area contributed by atoms with Gasteiger partial charge in [0.1, 0.15) is 6.10 Å². The molecule has 1 N–H and O–H groups in total. The van der Waals surface area contributed by atoms with Gasteiger partial charge in [-0.05, 0) is 35.6 Å². The maximum Gasteiger partial charge on any atom is 0.249 e. The Bertz CT molecular complexity index is 590. The van der Waals surface area contributed by atoms with Gasteiger partial charge in [-0.2, -0.15) is 0 Å². The molecule has 0 radical (unpaired) electrons. The van der Waals surface area contributed by atoms with Gasteiger partial charge in [0.05, 0.1) is 0 Å². The molecule has 4 nitrogen and oxygen atoms in total. The van der Waals surface area contributed by atoms with Gasteiger partial charge in [-0.15, -0.1) is 0 Å². The molecule has 0 aliphatic carbocycles. The molecule has 1 aliphatic rings. The summed E-state index contributed by atoms with van der Waals surface area (Å²) in [7, 11) is 0. The molecule has 1 aliphatic heterocycles. The standard InChI is InChI=1S/C17H18N2O2/c20-17(16-4-2-10-21-16)19-11-13-5-7-14(8-6-13)15-3-1-9-18-12-15/h1,3,5-9,12,16H,2,4,10-11H2,(H,19,20)/t16-/m1/s1. The molecule has 21 heavy (non-hydrogen) atoms. The van der Waals surface area contributed by atoms with Crippen molar-refractivity contribution < 1.29 is 9.53 Å². The molecule has 3 rings (SSSR count). The Morgan fingerprint density at radius 1 is 1.24 bits per heavy atom. The highest BCUT2D eigenvalue weighted by molar-refractivity contribution is 5.80. The summed E-state index contributed by atoms with van der Waals surface area (Å²) >= 11 is 0. The van der Waals surface area contributed by atoms with Gasteiger partial charge < -0.3 is 10.1 Å². The van der Waals surface area contributed by atoms with Gasteiger partial charge >= 0.3 is 0 Å². The SMILES string of the molecule is O=C(NCc1ccc(-c2cccnc2)cc1)[C@H]1CCCO1. The van der Waals surface area contributed by atoms with Gasteiger partial charge in [0, 0.05) is 25.5 Å².